The molecular weight excluding hydrogens is 420 g/mol. The summed E-state index contributed by atoms with van der Waals surface area (Å²) in [5, 5.41) is 23.1. The Balaban J connectivity index is 1.54. The Morgan fingerprint density at radius 1 is 1.21 bits per heavy atom. The Morgan fingerprint density at radius 3 is 2.64 bits per heavy atom. The number of piperazine rings is 1. The molecule has 3 heterocycles. The Morgan fingerprint density at radius 2 is 1.97 bits per heavy atom. The minimum atomic E-state index is -0.919. The summed E-state index contributed by atoms with van der Waals surface area (Å²) >= 11 is 0. The van der Waals surface area contributed by atoms with Gasteiger partial charge in [0.05, 0.1) is 5.56 Å². The average Bonchev–Trinajstić information content (AvgIpc) is 3.22. The van der Waals surface area contributed by atoms with Crippen LogP contribution in [-0.2, 0) is 9.59 Å². The number of pyridine rings is 1. The maximum Gasteiger partial charge on any atom is 0.325 e. The summed E-state index contributed by atoms with van der Waals surface area (Å²) in [6, 6.07) is 10.3. The number of hydrogen-bond donors (Lipinski definition) is 3. The van der Waals surface area contributed by atoms with Crippen molar-refractivity contribution in [3.63, 3.8) is 0 Å². The molecular formula is C24H26N6O3. The summed E-state index contributed by atoms with van der Waals surface area (Å²) < 4.78 is 0. The molecule has 1 amide bonds. The number of H-pyrrole nitrogens is 1. The van der Waals surface area contributed by atoms with E-state index >= 15 is 0 Å². The van der Waals surface area contributed by atoms with Crippen LogP contribution in [0.1, 0.15) is 31.0 Å². The zero-order valence-corrected chi connectivity index (χ0v) is 18.6. The van der Waals surface area contributed by atoms with Crippen molar-refractivity contribution < 1.29 is 14.7 Å². The van der Waals surface area contributed by atoms with Crippen LogP contribution < -0.4 is 10.2 Å². The third-order valence-electron chi connectivity index (χ3n) is 5.92. The second-order valence-corrected chi connectivity index (χ2v) is 8.40. The standard InChI is InChI=1S/C24H26N6O3/c1-15(2)23(31)28-17-5-6-18-19(14-27-20(18)12-17)21(24(32)33)29-8-10-30(11-9-29)22-16(13-25)4-3-7-26-22/h3-7,12,14-15,21,27H,8-11H2,1-2H3,(H,28,31)(H,32,33)/t21-/m0/s1. The fraction of sp³-hybridized carbons (Fsp3) is 0.333. The highest BCUT2D eigenvalue weighted by molar-refractivity contribution is 5.96. The Bertz CT molecular complexity index is 1220. The van der Waals surface area contributed by atoms with E-state index < -0.39 is 12.0 Å². The molecule has 1 saturated heterocycles. The van der Waals surface area contributed by atoms with Crippen molar-refractivity contribution in [3.8, 4) is 6.07 Å². The number of carbonyl (C=O) groups excluding carboxylic acids is 1. The fourth-order valence-electron chi connectivity index (χ4n) is 4.15. The molecule has 0 unspecified atom stereocenters. The fourth-order valence-corrected chi connectivity index (χ4v) is 4.15. The van der Waals surface area contributed by atoms with Crippen molar-refractivity contribution in [2.24, 2.45) is 5.92 Å². The number of anilines is 2. The molecule has 0 bridgehead atoms. The number of aromatic nitrogens is 2. The van der Waals surface area contributed by atoms with Gasteiger partial charge in [-0.1, -0.05) is 19.9 Å². The molecule has 0 aliphatic carbocycles. The number of aromatic amines is 1. The smallest absolute Gasteiger partial charge is 0.325 e. The summed E-state index contributed by atoms with van der Waals surface area (Å²) in [6.45, 7) is 5.84. The quantitative estimate of drug-likeness (QED) is 0.531. The molecule has 3 aromatic rings. The van der Waals surface area contributed by atoms with Crippen LogP contribution in [0.4, 0.5) is 11.5 Å². The number of aliphatic carboxylic acids is 1. The van der Waals surface area contributed by atoms with Crippen molar-refractivity contribution in [1.29, 1.82) is 5.26 Å². The van der Waals surface area contributed by atoms with Gasteiger partial charge in [0, 0.05) is 66.6 Å². The van der Waals surface area contributed by atoms with Gasteiger partial charge in [0.2, 0.25) is 5.91 Å². The monoisotopic (exact) mass is 446 g/mol. The number of fused-ring (bicyclic) bond motifs is 1. The van der Waals surface area contributed by atoms with Crippen molar-refractivity contribution >= 4 is 34.3 Å². The van der Waals surface area contributed by atoms with Crippen LogP contribution in [0.2, 0.25) is 0 Å². The van der Waals surface area contributed by atoms with Gasteiger partial charge in [0.1, 0.15) is 17.9 Å². The first kappa shape index (κ1) is 22.3. The number of carboxylic acids is 1. The van der Waals surface area contributed by atoms with E-state index in [4.69, 9.17) is 0 Å². The molecule has 1 atom stereocenters. The molecule has 9 heteroatoms. The van der Waals surface area contributed by atoms with Crippen LogP contribution in [0, 0.1) is 17.2 Å². The van der Waals surface area contributed by atoms with Gasteiger partial charge in [-0.25, -0.2) is 4.98 Å². The molecule has 0 spiro atoms. The van der Waals surface area contributed by atoms with Crippen LogP contribution in [0.3, 0.4) is 0 Å². The van der Waals surface area contributed by atoms with E-state index in [1.165, 1.54) is 0 Å². The Hall–Kier alpha value is -3.90. The van der Waals surface area contributed by atoms with Gasteiger partial charge < -0.3 is 20.3 Å². The van der Waals surface area contributed by atoms with Gasteiger partial charge in [-0.15, -0.1) is 0 Å². The lowest BCUT2D eigenvalue weighted by molar-refractivity contribution is -0.143. The minimum absolute atomic E-state index is 0.0742. The van der Waals surface area contributed by atoms with Crippen LogP contribution in [0.15, 0.2) is 42.7 Å². The van der Waals surface area contributed by atoms with Crippen LogP contribution in [0.5, 0.6) is 0 Å². The average molecular weight is 447 g/mol. The van der Waals surface area contributed by atoms with Gasteiger partial charge >= 0.3 is 5.97 Å². The van der Waals surface area contributed by atoms with E-state index in [0.717, 1.165) is 10.9 Å². The van der Waals surface area contributed by atoms with E-state index in [0.29, 0.717) is 48.8 Å². The largest absolute Gasteiger partial charge is 0.480 e. The van der Waals surface area contributed by atoms with Crippen molar-refractivity contribution in [2.45, 2.75) is 19.9 Å². The third-order valence-corrected chi connectivity index (χ3v) is 5.92. The van der Waals surface area contributed by atoms with E-state index in [9.17, 15) is 20.0 Å². The van der Waals surface area contributed by atoms with E-state index in [2.05, 4.69) is 21.4 Å². The number of hydrogen-bond acceptors (Lipinski definition) is 6. The van der Waals surface area contributed by atoms with Crippen molar-refractivity contribution in [1.82, 2.24) is 14.9 Å². The lowest BCUT2D eigenvalue weighted by Gasteiger charge is -2.38. The zero-order chi connectivity index (χ0) is 23.5. The first-order chi connectivity index (χ1) is 15.9. The lowest BCUT2D eigenvalue weighted by atomic mass is 10.0. The number of benzene rings is 1. The topological polar surface area (TPSA) is 125 Å². The number of amides is 1. The van der Waals surface area contributed by atoms with Gasteiger partial charge in [-0.3, -0.25) is 14.5 Å². The molecule has 170 valence electrons. The summed E-state index contributed by atoms with van der Waals surface area (Å²) in [6.07, 6.45) is 3.39. The SMILES string of the molecule is CC(C)C(=O)Nc1ccc2c([C@@H](C(=O)O)N3CCN(c4ncccc4C#N)CC3)c[nH]c2c1. The molecule has 4 rings (SSSR count). The first-order valence-corrected chi connectivity index (χ1v) is 10.9. The minimum Gasteiger partial charge on any atom is -0.480 e. The third kappa shape index (κ3) is 4.52. The van der Waals surface area contributed by atoms with Gasteiger partial charge in [-0.05, 0) is 24.3 Å². The van der Waals surface area contributed by atoms with Crippen LogP contribution in [0.25, 0.3) is 10.9 Å². The molecule has 1 aromatic carbocycles. The van der Waals surface area contributed by atoms with E-state index in [1.807, 2.05) is 35.8 Å². The molecule has 0 radical (unpaired) electrons. The molecule has 1 aliphatic heterocycles. The molecule has 3 N–H and O–H groups in total. The normalized spacial score (nSPS) is 15.4. The Labute approximate surface area is 191 Å². The first-order valence-electron chi connectivity index (χ1n) is 10.9. The summed E-state index contributed by atoms with van der Waals surface area (Å²) in [4.78, 5) is 35.7. The number of rotatable bonds is 6. The second-order valence-electron chi connectivity index (χ2n) is 8.40. The maximum atomic E-state index is 12.3. The lowest BCUT2D eigenvalue weighted by Crippen LogP contribution is -2.49. The molecule has 2 aromatic heterocycles. The van der Waals surface area contributed by atoms with Crippen molar-refractivity contribution in [3.05, 3.63) is 53.9 Å². The summed E-state index contributed by atoms with van der Waals surface area (Å²) in [7, 11) is 0. The molecule has 0 saturated carbocycles. The molecule has 33 heavy (non-hydrogen) atoms. The van der Waals surface area contributed by atoms with E-state index in [-0.39, 0.29) is 11.8 Å². The van der Waals surface area contributed by atoms with Gasteiger partial charge in [0.25, 0.3) is 0 Å². The van der Waals surface area contributed by atoms with Gasteiger partial charge in [0.15, 0.2) is 0 Å². The number of carboxylic acid groups (broad SMARTS) is 1. The van der Waals surface area contributed by atoms with Crippen LogP contribution in [-0.4, -0.2) is 58.0 Å². The summed E-state index contributed by atoms with van der Waals surface area (Å²) in [5.74, 6) is -0.494. The number of nitrogens with one attached hydrogen (secondary N) is 2. The van der Waals surface area contributed by atoms with Gasteiger partial charge in [-0.2, -0.15) is 5.26 Å². The summed E-state index contributed by atoms with van der Waals surface area (Å²) in [5.41, 5.74) is 2.63. The molecule has 1 aliphatic rings. The molecule has 1 fully saturated rings. The highest BCUT2D eigenvalue weighted by Crippen LogP contribution is 2.31. The Kier molecular flexibility index (Phi) is 6.29. The molecule has 9 nitrogen and oxygen atoms in total. The van der Waals surface area contributed by atoms with Crippen LogP contribution >= 0.6 is 0 Å². The second kappa shape index (κ2) is 9.30. The highest BCUT2D eigenvalue weighted by atomic mass is 16.4. The highest BCUT2D eigenvalue weighted by Gasteiger charge is 2.32. The number of nitriles is 1. The number of nitrogens with zero attached hydrogens (tertiary/aromatic N) is 4. The zero-order valence-electron chi connectivity index (χ0n) is 18.6. The van der Waals surface area contributed by atoms with E-state index in [1.54, 1.807) is 30.6 Å². The van der Waals surface area contributed by atoms with Crippen molar-refractivity contribution in [2.75, 3.05) is 36.4 Å². The predicted octanol–water partition coefficient (Wildman–Crippen LogP) is 2.98. The maximum absolute atomic E-state index is 12.3. The number of carbonyl (C=O) groups is 2. The predicted molar refractivity (Wildman–Crippen MR) is 125 cm³/mol.